The number of amides is 1. The topological polar surface area (TPSA) is 88.3 Å². The van der Waals surface area contributed by atoms with E-state index in [1.807, 2.05) is 34.6 Å². The Balaban J connectivity index is 2.46. The van der Waals surface area contributed by atoms with Crippen molar-refractivity contribution in [2.75, 3.05) is 13.1 Å². The number of carbonyl (C=O) groups excluding carboxylic acids is 1. The zero-order valence-corrected chi connectivity index (χ0v) is 15.5. The number of carbonyl (C=O) groups is 2. The molecule has 7 nitrogen and oxygen atoms in total. The van der Waals surface area contributed by atoms with Gasteiger partial charge in [0.05, 0.1) is 23.6 Å². The average molecular weight is 346 g/mol. The van der Waals surface area contributed by atoms with Crippen LogP contribution in [0.3, 0.4) is 0 Å². The molecule has 0 aliphatic carbocycles. The minimum Gasteiger partial charge on any atom is -0.481 e. The van der Waals surface area contributed by atoms with Crippen LogP contribution in [0.25, 0.3) is 11.0 Å². The first-order valence-corrected chi connectivity index (χ1v) is 8.56. The quantitative estimate of drug-likeness (QED) is 0.833. The first-order valence-electron chi connectivity index (χ1n) is 8.56. The van der Waals surface area contributed by atoms with Crippen molar-refractivity contribution in [3.8, 4) is 0 Å². The Hall–Kier alpha value is -2.44. The second-order valence-corrected chi connectivity index (χ2v) is 7.02. The number of rotatable bonds is 7. The number of nitrogens with zero attached hydrogens (tertiary/aromatic N) is 4. The van der Waals surface area contributed by atoms with Gasteiger partial charge < -0.3 is 10.0 Å². The molecule has 0 spiro atoms. The number of carboxylic acids is 1. The van der Waals surface area contributed by atoms with Gasteiger partial charge in [-0.05, 0) is 32.8 Å². The second kappa shape index (κ2) is 7.63. The van der Waals surface area contributed by atoms with Gasteiger partial charge in [0.2, 0.25) is 0 Å². The van der Waals surface area contributed by atoms with E-state index >= 15 is 0 Å². The fourth-order valence-electron chi connectivity index (χ4n) is 2.82. The molecule has 1 amide bonds. The maximum Gasteiger partial charge on any atom is 0.305 e. The van der Waals surface area contributed by atoms with Crippen molar-refractivity contribution in [1.82, 2.24) is 19.7 Å². The highest BCUT2D eigenvalue weighted by Gasteiger charge is 2.22. The number of aliphatic carboxylic acids is 1. The molecule has 0 fully saturated rings. The summed E-state index contributed by atoms with van der Waals surface area (Å²) < 4.78 is 1.79. The van der Waals surface area contributed by atoms with E-state index in [0.29, 0.717) is 23.1 Å². The Morgan fingerprint density at radius 2 is 1.96 bits per heavy atom. The molecule has 0 atom stereocenters. The van der Waals surface area contributed by atoms with Gasteiger partial charge >= 0.3 is 5.97 Å². The third kappa shape index (κ3) is 4.35. The zero-order valence-electron chi connectivity index (χ0n) is 15.5. The zero-order chi connectivity index (χ0) is 18.7. The summed E-state index contributed by atoms with van der Waals surface area (Å²) in [4.78, 5) is 30.2. The number of pyridine rings is 1. The molecule has 25 heavy (non-hydrogen) atoms. The molecule has 2 rings (SSSR count). The van der Waals surface area contributed by atoms with Crippen molar-refractivity contribution in [2.24, 2.45) is 5.92 Å². The smallest absolute Gasteiger partial charge is 0.305 e. The lowest BCUT2D eigenvalue weighted by molar-refractivity contribution is -0.137. The van der Waals surface area contributed by atoms with E-state index in [9.17, 15) is 9.59 Å². The third-order valence-corrected chi connectivity index (χ3v) is 3.88. The van der Waals surface area contributed by atoms with Crippen LogP contribution < -0.4 is 0 Å². The molecule has 2 aromatic rings. The molecule has 0 saturated carbocycles. The van der Waals surface area contributed by atoms with Crippen molar-refractivity contribution in [1.29, 1.82) is 0 Å². The van der Waals surface area contributed by atoms with Crippen LogP contribution in [0.15, 0.2) is 12.3 Å². The van der Waals surface area contributed by atoms with E-state index < -0.39 is 5.97 Å². The maximum atomic E-state index is 13.1. The lowest BCUT2D eigenvalue weighted by Gasteiger charge is -2.24. The molecular formula is C18H26N4O3. The second-order valence-electron chi connectivity index (χ2n) is 7.02. The fraction of sp³-hybridized carbons (Fsp3) is 0.556. The summed E-state index contributed by atoms with van der Waals surface area (Å²) >= 11 is 0. The van der Waals surface area contributed by atoms with E-state index in [-0.39, 0.29) is 30.8 Å². The van der Waals surface area contributed by atoms with Gasteiger partial charge in [-0.3, -0.25) is 9.59 Å². The first-order chi connectivity index (χ1) is 11.7. The lowest BCUT2D eigenvalue weighted by Crippen LogP contribution is -2.36. The van der Waals surface area contributed by atoms with Crippen molar-refractivity contribution >= 4 is 22.9 Å². The van der Waals surface area contributed by atoms with E-state index in [4.69, 9.17) is 5.11 Å². The first kappa shape index (κ1) is 18.9. The molecule has 0 aromatic carbocycles. The SMILES string of the molecule is Cc1cc(C(=O)N(CCC(=O)O)CC(C)C)c2cnn(C(C)C)c2n1. The van der Waals surface area contributed by atoms with Crippen molar-refractivity contribution in [3.05, 3.63) is 23.5 Å². The molecule has 0 unspecified atom stereocenters. The normalized spacial score (nSPS) is 11.5. The highest BCUT2D eigenvalue weighted by Crippen LogP contribution is 2.22. The molecular weight excluding hydrogens is 320 g/mol. The van der Waals surface area contributed by atoms with Gasteiger partial charge in [0, 0.05) is 24.8 Å². The average Bonchev–Trinajstić information content (AvgIpc) is 2.93. The van der Waals surface area contributed by atoms with E-state index in [2.05, 4.69) is 10.1 Å². The van der Waals surface area contributed by atoms with Crippen molar-refractivity contribution in [3.63, 3.8) is 0 Å². The molecule has 2 aromatic heterocycles. The van der Waals surface area contributed by atoms with Gasteiger partial charge in [-0.25, -0.2) is 9.67 Å². The molecule has 0 aliphatic rings. The maximum absolute atomic E-state index is 13.1. The molecule has 0 saturated heterocycles. The minimum atomic E-state index is -0.912. The summed E-state index contributed by atoms with van der Waals surface area (Å²) in [5, 5.41) is 14.0. The van der Waals surface area contributed by atoms with E-state index in [0.717, 1.165) is 5.69 Å². The number of aromatic nitrogens is 3. The summed E-state index contributed by atoms with van der Waals surface area (Å²) in [5.74, 6) is -0.839. The van der Waals surface area contributed by atoms with Crippen LogP contribution in [-0.4, -0.2) is 49.7 Å². The molecule has 7 heteroatoms. The van der Waals surface area contributed by atoms with Crippen LogP contribution >= 0.6 is 0 Å². The van der Waals surface area contributed by atoms with Crippen LogP contribution in [0, 0.1) is 12.8 Å². The predicted molar refractivity (Wildman–Crippen MR) is 95.6 cm³/mol. The Morgan fingerprint density at radius 1 is 1.28 bits per heavy atom. The number of hydrogen-bond donors (Lipinski definition) is 1. The number of carboxylic acid groups (broad SMARTS) is 1. The third-order valence-electron chi connectivity index (χ3n) is 3.88. The molecule has 0 bridgehead atoms. The lowest BCUT2D eigenvalue weighted by atomic mass is 10.1. The van der Waals surface area contributed by atoms with Crippen LogP contribution in [-0.2, 0) is 4.79 Å². The monoisotopic (exact) mass is 346 g/mol. The van der Waals surface area contributed by atoms with Gasteiger partial charge in [-0.15, -0.1) is 0 Å². The van der Waals surface area contributed by atoms with Gasteiger partial charge in [0.1, 0.15) is 0 Å². The summed E-state index contributed by atoms with van der Waals surface area (Å²) in [6, 6.07) is 1.89. The summed E-state index contributed by atoms with van der Waals surface area (Å²) in [5.41, 5.74) is 1.95. The molecule has 136 valence electrons. The van der Waals surface area contributed by atoms with Gasteiger partial charge in [0.25, 0.3) is 5.91 Å². The summed E-state index contributed by atoms with van der Waals surface area (Å²) in [6.07, 6.45) is 1.59. The minimum absolute atomic E-state index is 0.0725. The number of aryl methyl sites for hydroxylation is 1. The number of fused-ring (bicyclic) bond motifs is 1. The highest BCUT2D eigenvalue weighted by atomic mass is 16.4. The van der Waals surface area contributed by atoms with Crippen LogP contribution in [0.4, 0.5) is 0 Å². The van der Waals surface area contributed by atoms with Crippen molar-refractivity contribution < 1.29 is 14.7 Å². The Morgan fingerprint density at radius 3 is 2.52 bits per heavy atom. The summed E-state index contributed by atoms with van der Waals surface area (Å²) in [7, 11) is 0. The largest absolute Gasteiger partial charge is 0.481 e. The highest BCUT2D eigenvalue weighted by molar-refractivity contribution is 6.05. The summed E-state index contributed by atoms with van der Waals surface area (Å²) in [6.45, 7) is 10.6. The van der Waals surface area contributed by atoms with E-state index in [1.54, 1.807) is 21.8 Å². The predicted octanol–water partition coefficient (Wildman–Crippen LogP) is 2.89. The van der Waals surface area contributed by atoms with Crippen LogP contribution in [0.2, 0.25) is 0 Å². The van der Waals surface area contributed by atoms with Crippen molar-refractivity contribution in [2.45, 2.75) is 47.1 Å². The van der Waals surface area contributed by atoms with E-state index in [1.165, 1.54) is 0 Å². The van der Waals surface area contributed by atoms with Crippen LogP contribution in [0.1, 0.15) is 56.2 Å². The Labute approximate surface area is 147 Å². The van der Waals surface area contributed by atoms with Gasteiger partial charge in [0.15, 0.2) is 5.65 Å². The standard InChI is InChI=1S/C18H26N4O3/c1-11(2)10-21(7-6-16(23)24)18(25)14-8-13(5)20-17-15(14)9-19-22(17)12(3)4/h8-9,11-12H,6-7,10H2,1-5H3,(H,23,24). The van der Waals surface area contributed by atoms with Crippen LogP contribution in [0.5, 0.6) is 0 Å². The molecule has 1 N–H and O–H groups in total. The Kier molecular flexibility index (Phi) is 5.77. The molecule has 2 heterocycles. The van der Waals surface area contributed by atoms with Gasteiger partial charge in [-0.1, -0.05) is 13.8 Å². The fourth-order valence-corrected chi connectivity index (χ4v) is 2.82. The van der Waals surface area contributed by atoms with Gasteiger partial charge in [-0.2, -0.15) is 5.10 Å². The Bertz CT molecular complexity index is 780. The molecule has 0 radical (unpaired) electrons. The number of hydrogen-bond acceptors (Lipinski definition) is 4. The molecule has 0 aliphatic heterocycles.